The van der Waals surface area contributed by atoms with Crippen LogP contribution in [0.3, 0.4) is 0 Å². The molecule has 0 heterocycles. The van der Waals surface area contributed by atoms with E-state index in [2.05, 4.69) is 221 Å². The highest BCUT2D eigenvalue weighted by Crippen LogP contribution is 2.51. The normalized spacial score (nSPS) is 16.2. The van der Waals surface area contributed by atoms with Crippen LogP contribution in [0.15, 0.2) is 48.5 Å². The first-order valence-corrected chi connectivity index (χ1v) is 38.2. The summed E-state index contributed by atoms with van der Waals surface area (Å²) in [6.07, 6.45) is 1.22. The maximum atomic E-state index is 12.0. The highest BCUT2D eigenvalue weighted by molar-refractivity contribution is 7.53. The van der Waals surface area contributed by atoms with E-state index in [4.69, 9.17) is 37.0 Å². The molecular formula is C64H138N8O16P4. The molecule has 0 aliphatic heterocycles. The van der Waals surface area contributed by atoms with Gasteiger partial charge >= 0.3 is 15.2 Å². The number of ether oxygens (including phenoxy) is 4. The molecule has 0 aromatic heterocycles. The first kappa shape index (κ1) is 96.9. The van der Waals surface area contributed by atoms with Gasteiger partial charge in [-0.15, -0.1) is 0 Å². The molecule has 92 heavy (non-hydrogen) atoms. The number of rotatable bonds is 38. The summed E-state index contributed by atoms with van der Waals surface area (Å²) in [4.78, 5) is 35.4. The van der Waals surface area contributed by atoms with Gasteiger partial charge in [-0.1, -0.05) is 48.5 Å². The molecule has 28 heteroatoms. The Morgan fingerprint density at radius 2 is 0.609 bits per heavy atom. The van der Waals surface area contributed by atoms with Gasteiger partial charge in [0.05, 0.1) is 99.3 Å². The summed E-state index contributed by atoms with van der Waals surface area (Å²) in [5.41, 5.74) is 2.70. The van der Waals surface area contributed by atoms with E-state index in [0.717, 1.165) is 86.9 Å². The number of likely N-dealkylation sites (N-methyl/N-ethyl adjacent to an activating group) is 8. The molecule has 2 rings (SSSR count). The molecule has 0 aliphatic carbocycles. The molecule has 2 aromatic rings. The van der Waals surface area contributed by atoms with Crippen LogP contribution in [0, 0.1) is 0 Å². The fourth-order valence-electron chi connectivity index (χ4n) is 7.34. The number of quaternary nitrogens is 2. The zero-order valence-corrected chi connectivity index (χ0v) is 67.2. The van der Waals surface area contributed by atoms with Crippen LogP contribution in [-0.2, 0) is 89.0 Å². The van der Waals surface area contributed by atoms with E-state index in [9.17, 15) is 28.0 Å². The van der Waals surface area contributed by atoms with E-state index in [0.29, 0.717) is 59.7 Å². The summed E-state index contributed by atoms with van der Waals surface area (Å²) in [6, 6.07) is 15.4. The summed E-state index contributed by atoms with van der Waals surface area (Å²) in [6.45, 7) is 24.5. The second kappa shape index (κ2) is 50.0. The van der Waals surface area contributed by atoms with Crippen molar-refractivity contribution in [2.75, 3.05) is 222 Å². The van der Waals surface area contributed by atoms with Crippen molar-refractivity contribution in [2.45, 2.75) is 129 Å². The summed E-state index contributed by atoms with van der Waals surface area (Å²) in [5, 5.41) is 0. The fraction of sp³-hybridized carbons (Fsp3) is 0.812. The topological polar surface area (TPSA) is 226 Å². The number of hydrogen-bond acceptors (Lipinski definition) is 22. The minimum absolute atomic E-state index is 0. The molecule has 0 radical (unpaired) electrons. The van der Waals surface area contributed by atoms with Crippen molar-refractivity contribution in [3.8, 4) is 0 Å². The Hall–Kier alpha value is -1.44. The molecule has 2 aromatic carbocycles. The smallest absolute Gasteiger partial charge is 0.334 e. The van der Waals surface area contributed by atoms with Gasteiger partial charge in [0, 0.05) is 94.2 Å². The number of hydrogen-bond donors (Lipinski definition) is 0. The van der Waals surface area contributed by atoms with Gasteiger partial charge in [0.15, 0.2) is 0 Å². The standard InChI is InChI=1S/C12H20O6P2.2C11H27N2O.2C10H24N2O.C10H16O6P2.H2/c1-15-19(13,16-2)9-11-5-7-12(8-6-11)10-20(14,17-3)18-4;1-10(12(3)4)9-14-11(2)8-13(5,6)7;1-10(13(5,6)7)9-14-11(2)8-12(3)4;2*1-9(12(5)6)8-13-10(2)7-11(3)4;1-15-17(11,12)7-9-3-5-10(6-4-9)8-18(13,14)16-2;/h5-8H,9-10H2,1-4H3;2*10-11H,8-9H2,1-7H3;2*9-10H,7-8H2,1-6H3;3-6H,7-8H2,1-2H3,(H,11,12)(H,13,14);1H/q;2*+1;;;;/p-2/i;;;;;;1+1. The summed E-state index contributed by atoms with van der Waals surface area (Å²) >= 11 is 0. The van der Waals surface area contributed by atoms with Crippen molar-refractivity contribution in [1.82, 2.24) is 29.4 Å². The van der Waals surface area contributed by atoms with Gasteiger partial charge in [-0.2, -0.15) is 0 Å². The van der Waals surface area contributed by atoms with Gasteiger partial charge in [-0.25, -0.2) is 0 Å². The van der Waals surface area contributed by atoms with Crippen molar-refractivity contribution in [2.24, 2.45) is 0 Å². The summed E-state index contributed by atoms with van der Waals surface area (Å²) in [7, 11) is 31.8. The average Bonchev–Trinajstić information content (AvgIpc) is 0.941. The molecule has 0 spiro atoms. The van der Waals surface area contributed by atoms with Crippen LogP contribution >= 0.6 is 30.4 Å². The minimum Gasteiger partial charge on any atom is -0.778 e. The number of benzene rings is 2. The van der Waals surface area contributed by atoms with Gasteiger partial charge in [0.2, 0.25) is 0 Å². The largest absolute Gasteiger partial charge is 0.778 e. The highest BCUT2D eigenvalue weighted by atomic mass is 31.2. The average molecular weight is 1400 g/mol. The third-order valence-corrected chi connectivity index (χ3v) is 20.7. The van der Waals surface area contributed by atoms with Gasteiger partial charge in [-0.05, 0) is 162 Å². The number of nitrogens with zero attached hydrogens (tertiary/aromatic N) is 8. The lowest BCUT2D eigenvalue weighted by Crippen LogP contribution is -2.46. The van der Waals surface area contributed by atoms with Gasteiger partial charge in [-0.3, -0.25) is 9.13 Å². The summed E-state index contributed by atoms with van der Waals surface area (Å²) < 4.78 is 99.5. The van der Waals surface area contributed by atoms with E-state index in [1.807, 2.05) is 0 Å². The third kappa shape index (κ3) is 54.6. The Morgan fingerprint density at radius 3 is 0.804 bits per heavy atom. The van der Waals surface area contributed by atoms with Crippen LogP contribution in [0.25, 0.3) is 0 Å². The SMILES string of the molecule is CC(CN(C)C)OCC(C)N(C)C.CC(CN(C)C)OCC(C)N(C)C.CC(CN(C)C)OCC(C)[N+](C)(C)C.CC(C[N+](C)(C)C)OCC(C)N(C)C.COP(=O)(Cc1ccc(CP(=O)(OC)OC)cc1)OC.COP(=O)([O-])Cc1ccc(CP(=O)([O-])OC)cc1.[2HH]. The molecule has 0 bridgehead atoms. The molecule has 0 N–H and O–H groups in total. The quantitative estimate of drug-likeness (QED) is 0.0452. The Labute approximate surface area is 563 Å². The lowest BCUT2D eigenvalue weighted by atomic mass is 10.2. The maximum absolute atomic E-state index is 12.0. The molecule has 10 unspecified atom stereocenters. The highest BCUT2D eigenvalue weighted by Gasteiger charge is 2.25. The lowest BCUT2D eigenvalue weighted by molar-refractivity contribution is -0.894. The van der Waals surface area contributed by atoms with Gasteiger partial charge < -0.3 is 103 Å². The van der Waals surface area contributed by atoms with E-state index in [-0.39, 0.29) is 26.1 Å². The van der Waals surface area contributed by atoms with Gasteiger partial charge in [0.1, 0.15) is 33.9 Å². The van der Waals surface area contributed by atoms with Crippen molar-refractivity contribution in [3.05, 3.63) is 70.8 Å². The third-order valence-electron chi connectivity index (χ3n) is 14.3. The molecule has 0 amide bonds. The fourth-order valence-corrected chi connectivity index (χ4v) is 11.0. The maximum Gasteiger partial charge on any atom is 0.334 e. The molecular weight excluding hydrogens is 1260 g/mol. The van der Waals surface area contributed by atoms with Crippen LogP contribution in [0.1, 0.15) is 79.1 Å². The molecule has 550 valence electrons. The molecule has 10 atom stereocenters. The predicted octanol–water partition coefficient (Wildman–Crippen LogP) is 8.89. The first-order valence-electron chi connectivity index (χ1n) is 31.3. The van der Waals surface area contributed by atoms with E-state index in [1.54, 1.807) is 48.5 Å². The minimum atomic E-state index is -3.85. The van der Waals surface area contributed by atoms with Gasteiger partial charge in [0.25, 0.3) is 0 Å². The Morgan fingerprint density at radius 1 is 0.380 bits per heavy atom. The first-order chi connectivity index (χ1) is 42.0. The predicted molar refractivity (Wildman–Crippen MR) is 379 cm³/mol. The van der Waals surface area contributed by atoms with Crippen molar-refractivity contribution in [3.63, 3.8) is 0 Å². The second-order valence-electron chi connectivity index (χ2n) is 27.0. The lowest BCUT2D eigenvalue weighted by Gasteiger charge is -2.32. The van der Waals surface area contributed by atoms with Crippen LogP contribution in [0.2, 0.25) is 0 Å². The Balaban J connectivity index is -0.000000335. The Kier molecular flexibility index (Phi) is 52.7. The van der Waals surface area contributed by atoms with Crippen LogP contribution in [0.5, 0.6) is 0 Å². The summed E-state index contributed by atoms with van der Waals surface area (Å²) in [5.74, 6) is 0. The molecule has 0 saturated carbocycles. The zero-order valence-electron chi connectivity index (χ0n) is 63.6. The van der Waals surface area contributed by atoms with E-state index >= 15 is 0 Å². The second-order valence-corrected chi connectivity index (χ2v) is 35.4. The van der Waals surface area contributed by atoms with Crippen molar-refractivity contribution < 1.29 is 84.5 Å². The van der Waals surface area contributed by atoms with Crippen molar-refractivity contribution >= 4 is 30.4 Å². The van der Waals surface area contributed by atoms with Crippen molar-refractivity contribution in [1.29, 1.82) is 0 Å². The molecule has 24 nitrogen and oxygen atoms in total. The monoisotopic (exact) mass is 1400 g/mol. The van der Waals surface area contributed by atoms with Crippen LogP contribution in [0.4, 0.5) is 0 Å². The zero-order chi connectivity index (χ0) is 72.6. The van der Waals surface area contributed by atoms with Crippen LogP contribution < -0.4 is 9.79 Å². The van der Waals surface area contributed by atoms with E-state index < -0.39 is 30.4 Å². The molecule has 0 aliphatic rings. The van der Waals surface area contributed by atoms with E-state index in [1.165, 1.54) is 28.4 Å². The molecule has 0 fully saturated rings. The Bertz CT molecular complexity index is 2200. The van der Waals surface area contributed by atoms with Crippen LogP contribution in [-0.4, -0.2) is 309 Å². The molecule has 0 saturated heterocycles.